The van der Waals surface area contributed by atoms with Gasteiger partial charge in [-0.1, -0.05) is 25.7 Å². The van der Waals surface area contributed by atoms with E-state index in [1.165, 1.54) is 18.8 Å². The van der Waals surface area contributed by atoms with Gasteiger partial charge in [-0.2, -0.15) is 14.3 Å². The predicted octanol–water partition coefficient (Wildman–Crippen LogP) is 3.56. The van der Waals surface area contributed by atoms with Crippen LogP contribution in [0.25, 0.3) is 11.4 Å². The molecule has 2 aliphatic rings. The van der Waals surface area contributed by atoms with Crippen LogP contribution in [0.15, 0.2) is 49.3 Å². The summed E-state index contributed by atoms with van der Waals surface area (Å²) in [6.45, 7) is 7.38. The molecule has 12 nitrogen and oxygen atoms in total. The second-order valence-corrected chi connectivity index (χ2v) is 13.9. The summed E-state index contributed by atoms with van der Waals surface area (Å²) in [5, 5.41) is 15.0. The minimum Gasteiger partial charge on any atom is -0.370 e. The Bertz CT molecular complexity index is 1770. The first-order chi connectivity index (χ1) is 21.2. The lowest BCUT2D eigenvalue weighted by Crippen LogP contribution is -2.43. The third-order valence-electron chi connectivity index (χ3n) is 7.86. The normalized spacial score (nSPS) is 15.8. The Morgan fingerprint density at radius 1 is 1.00 bits per heavy atom. The molecule has 4 aromatic heterocycles. The second kappa shape index (κ2) is 12.8. The number of hydrogen-bond donors (Lipinski definition) is 2. The third kappa shape index (κ3) is 7.09. The van der Waals surface area contributed by atoms with Crippen LogP contribution >= 0.6 is 0 Å². The van der Waals surface area contributed by atoms with E-state index in [1.54, 1.807) is 29.3 Å². The maximum absolute atomic E-state index is 12.6. The topological polar surface area (TPSA) is 136 Å². The van der Waals surface area contributed by atoms with Gasteiger partial charge < -0.3 is 15.5 Å². The van der Waals surface area contributed by atoms with E-state index in [0.29, 0.717) is 47.8 Å². The highest BCUT2D eigenvalue weighted by Crippen LogP contribution is 2.31. The summed E-state index contributed by atoms with van der Waals surface area (Å²) < 4.78 is 27.9. The highest BCUT2D eigenvalue weighted by atomic mass is 32.2. The lowest BCUT2D eigenvalue weighted by molar-refractivity contribution is 0.399. The van der Waals surface area contributed by atoms with E-state index >= 15 is 0 Å². The third-order valence-corrected chi connectivity index (χ3v) is 9.89. The Morgan fingerprint density at radius 2 is 1.82 bits per heavy atom. The molecule has 1 aliphatic carbocycles. The molecule has 0 unspecified atom stereocenters. The van der Waals surface area contributed by atoms with E-state index in [0.717, 1.165) is 53.4 Å². The zero-order chi connectivity index (χ0) is 30.7. The first-order valence-corrected chi connectivity index (χ1v) is 16.6. The van der Waals surface area contributed by atoms with E-state index in [9.17, 15) is 8.42 Å². The largest absolute Gasteiger partial charge is 0.370 e. The molecule has 2 fully saturated rings. The number of piperidine rings is 1. The van der Waals surface area contributed by atoms with Crippen molar-refractivity contribution >= 4 is 27.3 Å². The average Bonchev–Trinajstić information content (AvgIpc) is 3.61. The average molecular weight is 615 g/mol. The standard InChI is InChI=1S/C31H38N10O2S/c1-22(2)8-12-32-26-10-14-40(15-11-26)28-16-30(34-18-24(28)5-4-23-17-35-39(3)20-23)37-29-9-13-33-31(38-29)25-19-36-41(21-25)44(42,43)27-6-7-27/h9,13,16-22,26-27,32H,6-8,10-12,14-15H2,1-3H3,(H,33,34,37,38). The quantitative estimate of drug-likeness (QED) is 0.255. The first-order valence-electron chi connectivity index (χ1n) is 15.1. The number of aryl methyl sites for hydroxylation is 1. The van der Waals surface area contributed by atoms with Crippen molar-refractivity contribution in [1.82, 2.24) is 39.2 Å². The maximum atomic E-state index is 12.6. The summed E-state index contributed by atoms with van der Waals surface area (Å²) in [6, 6.07) is 4.28. The molecule has 0 radical (unpaired) electrons. The molecule has 1 aliphatic heterocycles. The molecule has 1 saturated heterocycles. The number of rotatable bonds is 10. The smallest absolute Gasteiger partial charge is 0.256 e. The Morgan fingerprint density at radius 3 is 2.55 bits per heavy atom. The van der Waals surface area contributed by atoms with Crippen LogP contribution in [0, 0.1) is 17.8 Å². The molecule has 0 amide bonds. The van der Waals surface area contributed by atoms with Crippen LogP contribution in [0.1, 0.15) is 57.1 Å². The summed E-state index contributed by atoms with van der Waals surface area (Å²) in [5.74, 6) is 8.76. The number of pyridine rings is 1. The number of aromatic nitrogens is 7. The van der Waals surface area contributed by atoms with E-state index in [-0.39, 0.29) is 5.25 Å². The van der Waals surface area contributed by atoms with Gasteiger partial charge >= 0.3 is 0 Å². The Kier molecular flexibility index (Phi) is 8.63. The zero-order valence-electron chi connectivity index (χ0n) is 25.3. The summed E-state index contributed by atoms with van der Waals surface area (Å²) in [7, 11) is -1.59. The molecule has 0 atom stereocenters. The lowest BCUT2D eigenvalue weighted by atomic mass is 10.0. The zero-order valence-corrected chi connectivity index (χ0v) is 26.1. The van der Waals surface area contributed by atoms with Gasteiger partial charge in [0.1, 0.15) is 11.6 Å². The van der Waals surface area contributed by atoms with Gasteiger partial charge in [0.15, 0.2) is 5.82 Å². The van der Waals surface area contributed by atoms with Gasteiger partial charge in [-0.05, 0) is 50.6 Å². The molecule has 230 valence electrons. The van der Waals surface area contributed by atoms with Crippen molar-refractivity contribution in [3.8, 4) is 23.2 Å². The molecule has 0 bridgehead atoms. The van der Waals surface area contributed by atoms with E-state index in [1.807, 2.05) is 19.3 Å². The Hall–Kier alpha value is -4.28. The van der Waals surface area contributed by atoms with Crippen molar-refractivity contribution < 1.29 is 8.42 Å². The summed E-state index contributed by atoms with van der Waals surface area (Å²) in [5.41, 5.74) is 3.23. The molecule has 6 rings (SSSR count). The van der Waals surface area contributed by atoms with Gasteiger partial charge in [-0.15, -0.1) is 0 Å². The lowest BCUT2D eigenvalue weighted by Gasteiger charge is -2.35. The van der Waals surface area contributed by atoms with Crippen molar-refractivity contribution in [2.75, 3.05) is 29.9 Å². The Labute approximate surface area is 258 Å². The number of anilines is 3. The molecule has 2 N–H and O–H groups in total. The van der Waals surface area contributed by atoms with Crippen LogP contribution in [0.5, 0.6) is 0 Å². The van der Waals surface area contributed by atoms with Gasteiger partial charge in [0.2, 0.25) is 0 Å². The SMILES string of the molecule is CC(C)CCNC1CCN(c2cc(Nc3ccnc(-c4cnn(S(=O)(=O)C5CC5)c4)n3)ncc2C#Cc2cnn(C)c2)CC1. The number of hydrogen-bond acceptors (Lipinski definition) is 10. The monoisotopic (exact) mass is 614 g/mol. The van der Waals surface area contributed by atoms with Crippen LogP contribution in [-0.4, -0.2) is 73.3 Å². The molecule has 13 heteroatoms. The molecular weight excluding hydrogens is 576 g/mol. The van der Waals surface area contributed by atoms with Crippen LogP contribution < -0.4 is 15.5 Å². The van der Waals surface area contributed by atoms with Gasteiger partial charge in [0.05, 0.1) is 46.2 Å². The first kappa shape index (κ1) is 29.8. The summed E-state index contributed by atoms with van der Waals surface area (Å²) in [6.07, 6.45) is 14.6. The minimum atomic E-state index is -3.46. The molecule has 0 aromatic carbocycles. The molecule has 44 heavy (non-hydrogen) atoms. The van der Waals surface area contributed by atoms with Crippen molar-refractivity contribution in [2.45, 2.75) is 57.2 Å². The van der Waals surface area contributed by atoms with Gasteiger partial charge in [0, 0.05) is 50.8 Å². The highest BCUT2D eigenvalue weighted by molar-refractivity contribution is 7.90. The van der Waals surface area contributed by atoms with E-state index < -0.39 is 10.0 Å². The Balaban J connectivity index is 1.21. The molecule has 0 spiro atoms. The van der Waals surface area contributed by atoms with Gasteiger partial charge in [-0.25, -0.2) is 23.4 Å². The number of nitrogens with one attached hydrogen (secondary N) is 2. The highest BCUT2D eigenvalue weighted by Gasteiger charge is 2.37. The van der Waals surface area contributed by atoms with E-state index in [4.69, 9.17) is 0 Å². The van der Waals surface area contributed by atoms with Crippen molar-refractivity contribution in [3.05, 3.63) is 60.4 Å². The van der Waals surface area contributed by atoms with Gasteiger partial charge in [-0.3, -0.25) is 4.68 Å². The summed E-state index contributed by atoms with van der Waals surface area (Å²) in [4.78, 5) is 16.0. The fourth-order valence-electron chi connectivity index (χ4n) is 5.17. The maximum Gasteiger partial charge on any atom is 0.256 e. The van der Waals surface area contributed by atoms with Crippen LogP contribution in [0.2, 0.25) is 0 Å². The molecule has 1 saturated carbocycles. The van der Waals surface area contributed by atoms with Crippen LogP contribution in [0.3, 0.4) is 0 Å². The molecule has 4 aromatic rings. The molecular formula is C31H38N10O2S. The van der Waals surface area contributed by atoms with Gasteiger partial charge in [0.25, 0.3) is 10.0 Å². The predicted molar refractivity (Wildman–Crippen MR) is 170 cm³/mol. The van der Waals surface area contributed by atoms with Crippen molar-refractivity contribution in [1.29, 1.82) is 0 Å². The second-order valence-electron chi connectivity index (χ2n) is 11.9. The summed E-state index contributed by atoms with van der Waals surface area (Å²) >= 11 is 0. The van der Waals surface area contributed by atoms with Crippen molar-refractivity contribution in [2.24, 2.45) is 13.0 Å². The van der Waals surface area contributed by atoms with Crippen molar-refractivity contribution in [3.63, 3.8) is 0 Å². The fraction of sp³-hybridized carbons (Fsp3) is 0.452. The van der Waals surface area contributed by atoms with E-state index in [2.05, 4.69) is 66.4 Å². The van der Waals surface area contributed by atoms with Crippen LogP contribution in [-0.2, 0) is 17.1 Å². The minimum absolute atomic E-state index is 0.353. The van der Waals surface area contributed by atoms with Crippen LogP contribution in [0.4, 0.5) is 17.3 Å². The molecule has 5 heterocycles. The fourth-order valence-corrected chi connectivity index (χ4v) is 6.65. The number of nitrogens with zero attached hydrogens (tertiary/aromatic N) is 8.